The van der Waals surface area contributed by atoms with Gasteiger partial charge in [-0.05, 0) is 55.3 Å². The topological polar surface area (TPSA) is 79.2 Å². The largest absolute Gasteiger partial charge is 0.337 e. The standard InChI is InChI=1S/C21H19FN6O/c22-16-6-4-14(5-7-16)17-13-18(24-23-17)21(29)27-11-8-15(9-12-27)20-26-25-19-3-1-2-10-28(19)20/h1-7,10,13,15H,8-9,11-12H2,(H,23,24). The average molecular weight is 390 g/mol. The van der Waals surface area contributed by atoms with Gasteiger partial charge < -0.3 is 4.90 Å². The molecule has 4 aromatic rings. The van der Waals surface area contributed by atoms with Gasteiger partial charge in [0.1, 0.15) is 17.3 Å². The van der Waals surface area contributed by atoms with Crippen molar-refractivity contribution < 1.29 is 9.18 Å². The Labute approximate surface area is 166 Å². The summed E-state index contributed by atoms with van der Waals surface area (Å²) in [5.41, 5.74) is 2.67. The Morgan fingerprint density at radius 3 is 2.66 bits per heavy atom. The summed E-state index contributed by atoms with van der Waals surface area (Å²) in [6.07, 6.45) is 3.64. The minimum Gasteiger partial charge on any atom is -0.337 e. The third-order valence-electron chi connectivity index (χ3n) is 5.44. The number of nitrogens with zero attached hydrogens (tertiary/aromatic N) is 5. The van der Waals surface area contributed by atoms with E-state index >= 15 is 0 Å². The first kappa shape index (κ1) is 17.5. The maximum absolute atomic E-state index is 13.1. The van der Waals surface area contributed by atoms with Gasteiger partial charge in [0, 0.05) is 30.8 Å². The van der Waals surface area contributed by atoms with Gasteiger partial charge in [0.2, 0.25) is 0 Å². The van der Waals surface area contributed by atoms with E-state index in [1.807, 2.05) is 33.7 Å². The zero-order chi connectivity index (χ0) is 19.8. The Morgan fingerprint density at radius 1 is 1.07 bits per heavy atom. The Morgan fingerprint density at radius 2 is 1.86 bits per heavy atom. The molecule has 1 aliphatic heterocycles. The highest BCUT2D eigenvalue weighted by Gasteiger charge is 2.28. The van der Waals surface area contributed by atoms with Crippen LogP contribution in [0.25, 0.3) is 16.9 Å². The minimum atomic E-state index is -0.302. The summed E-state index contributed by atoms with van der Waals surface area (Å²) in [5, 5.41) is 15.6. The molecule has 146 valence electrons. The number of likely N-dealkylation sites (tertiary alicyclic amines) is 1. The van der Waals surface area contributed by atoms with E-state index < -0.39 is 0 Å². The van der Waals surface area contributed by atoms with Crippen LogP contribution in [-0.2, 0) is 0 Å². The Balaban J connectivity index is 1.27. The first-order chi connectivity index (χ1) is 14.2. The molecule has 3 aromatic heterocycles. The first-order valence-corrected chi connectivity index (χ1v) is 9.59. The highest BCUT2D eigenvalue weighted by molar-refractivity contribution is 5.93. The number of carbonyl (C=O) groups is 1. The SMILES string of the molecule is O=C(c1cc(-c2ccc(F)cc2)n[nH]1)N1CCC(c2nnc3ccccn23)CC1. The van der Waals surface area contributed by atoms with E-state index in [2.05, 4.69) is 20.4 Å². The third-order valence-corrected chi connectivity index (χ3v) is 5.44. The number of hydrogen-bond donors (Lipinski definition) is 1. The number of aromatic nitrogens is 5. The van der Waals surface area contributed by atoms with E-state index in [4.69, 9.17) is 0 Å². The number of aromatic amines is 1. The summed E-state index contributed by atoms with van der Waals surface area (Å²) in [7, 11) is 0. The van der Waals surface area contributed by atoms with Crippen LogP contribution in [0.4, 0.5) is 4.39 Å². The van der Waals surface area contributed by atoms with E-state index in [9.17, 15) is 9.18 Å². The molecule has 5 rings (SSSR count). The fourth-order valence-electron chi connectivity index (χ4n) is 3.85. The molecule has 1 aromatic carbocycles. The predicted octanol–water partition coefficient (Wildman–Crippen LogP) is 3.28. The van der Waals surface area contributed by atoms with Crippen molar-refractivity contribution in [2.75, 3.05) is 13.1 Å². The summed E-state index contributed by atoms with van der Waals surface area (Å²) < 4.78 is 15.1. The van der Waals surface area contributed by atoms with E-state index in [-0.39, 0.29) is 17.6 Å². The Kier molecular flexibility index (Phi) is 4.31. The molecule has 1 saturated heterocycles. The van der Waals surface area contributed by atoms with Crippen molar-refractivity contribution in [1.82, 2.24) is 29.7 Å². The number of fused-ring (bicyclic) bond motifs is 1. The number of nitrogens with one attached hydrogen (secondary N) is 1. The highest BCUT2D eigenvalue weighted by Crippen LogP contribution is 2.28. The lowest BCUT2D eigenvalue weighted by atomic mass is 9.95. The number of pyridine rings is 1. The maximum atomic E-state index is 13.1. The van der Waals surface area contributed by atoms with Gasteiger partial charge >= 0.3 is 0 Å². The van der Waals surface area contributed by atoms with Crippen LogP contribution >= 0.6 is 0 Å². The van der Waals surface area contributed by atoms with Crippen LogP contribution in [0, 0.1) is 5.82 Å². The molecule has 1 amide bonds. The van der Waals surface area contributed by atoms with Crippen molar-refractivity contribution in [3.05, 3.63) is 72.1 Å². The molecule has 0 unspecified atom stereocenters. The third kappa shape index (κ3) is 3.26. The molecule has 7 nitrogen and oxygen atoms in total. The summed E-state index contributed by atoms with van der Waals surface area (Å²) in [6.45, 7) is 1.30. The fraction of sp³-hybridized carbons (Fsp3) is 0.238. The average Bonchev–Trinajstić information content (AvgIpc) is 3.42. The molecule has 0 spiro atoms. The van der Waals surface area contributed by atoms with Crippen LogP contribution in [0.3, 0.4) is 0 Å². The van der Waals surface area contributed by atoms with Gasteiger partial charge in [0.25, 0.3) is 5.91 Å². The molecule has 8 heteroatoms. The van der Waals surface area contributed by atoms with Crippen LogP contribution in [0.1, 0.15) is 35.1 Å². The molecular weight excluding hydrogens is 371 g/mol. The zero-order valence-electron chi connectivity index (χ0n) is 15.6. The van der Waals surface area contributed by atoms with Crippen molar-refractivity contribution in [2.24, 2.45) is 0 Å². The molecular formula is C21H19FN6O. The lowest BCUT2D eigenvalue weighted by Crippen LogP contribution is -2.38. The molecule has 0 radical (unpaired) electrons. The molecule has 0 saturated carbocycles. The lowest BCUT2D eigenvalue weighted by Gasteiger charge is -2.30. The summed E-state index contributed by atoms with van der Waals surface area (Å²) in [6, 6.07) is 13.6. The molecule has 1 N–H and O–H groups in total. The molecule has 0 bridgehead atoms. The number of halogens is 1. The number of benzene rings is 1. The van der Waals surface area contributed by atoms with Crippen molar-refractivity contribution in [3.8, 4) is 11.3 Å². The fourth-order valence-corrected chi connectivity index (χ4v) is 3.85. The number of piperidine rings is 1. The summed E-state index contributed by atoms with van der Waals surface area (Å²) in [4.78, 5) is 14.7. The second kappa shape index (κ2) is 7.12. The Bertz CT molecular complexity index is 1160. The number of H-pyrrole nitrogens is 1. The van der Waals surface area contributed by atoms with Crippen LogP contribution in [0.15, 0.2) is 54.7 Å². The van der Waals surface area contributed by atoms with Gasteiger partial charge in [-0.1, -0.05) is 6.07 Å². The summed E-state index contributed by atoms with van der Waals surface area (Å²) >= 11 is 0. The second-order valence-electron chi connectivity index (χ2n) is 7.23. The van der Waals surface area contributed by atoms with Crippen molar-refractivity contribution >= 4 is 11.6 Å². The predicted molar refractivity (Wildman–Crippen MR) is 105 cm³/mol. The molecule has 1 fully saturated rings. The van der Waals surface area contributed by atoms with Gasteiger partial charge in [0.15, 0.2) is 5.65 Å². The second-order valence-corrected chi connectivity index (χ2v) is 7.23. The molecule has 0 aliphatic carbocycles. The monoisotopic (exact) mass is 390 g/mol. The van der Waals surface area contributed by atoms with Crippen molar-refractivity contribution in [2.45, 2.75) is 18.8 Å². The highest BCUT2D eigenvalue weighted by atomic mass is 19.1. The van der Waals surface area contributed by atoms with Crippen LogP contribution in [0.5, 0.6) is 0 Å². The molecule has 0 atom stereocenters. The molecule has 1 aliphatic rings. The van der Waals surface area contributed by atoms with E-state index in [1.165, 1.54) is 12.1 Å². The molecule has 29 heavy (non-hydrogen) atoms. The maximum Gasteiger partial charge on any atom is 0.271 e. The van der Waals surface area contributed by atoms with Crippen LogP contribution < -0.4 is 0 Å². The smallest absolute Gasteiger partial charge is 0.271 e. The number of hydrogen-bond acceptors (Lipinski definition) is 4. The first-order valence-electron chi connectivity index (χ1n) is 9.59. The van der Waals surface area contributed by atoms with Gasteiger partial charge in [-0.2, -0.15) is 5.10 Å². The lowest BCUT2D eigenvalue weighted by molar-refractivity contribution is 0.0705. The quantitative estimate of drug-likeness (QED) is 0.582. The van der Waals surface area contributed by atoms with Gasteiger partial charge in [-0.15, -0.1) is 10.2 Å². The molecule has 4 heterocycles. The van der Waals surface area contributed by atoms with Crippen molar-refractivity contribution in [1.29, 1.82) is 0 Å². The summed E-state index contributed by atoms with van der Waals surface area (Å²) in [5.74, 6) is 0.847. The number of rotatable bonds is 3. The van der Waals surface area contributed by atoms with Crippen LogP contribution in [0.2, 0.25) is 0 Å². The van der Waals surface area contributed by atoms with Gasteiger partial charge in [0.05, 0.1) is 5.69 Å². The van der Waals surface area contributed by atoms with Crippen LogP contribution in [-0.4, -0.2) is 48.7 Å². The van der Waals surface area contributed by atoms with Gasteiger partial charge in [-0.3, -0.25) is 14.3 Å². The van der Waals surface area contributed by atoms with Crippen molar-refractivity contribution in [3.63, 3.8) is 0 Å². The normalized spacial score (nSPS) is 15.1. The van der Waals surface area contributed by atoms with E-state index in [0.717, 1.165) is 29.9 Å². The van der Waals surface area contributed by atoms with Gasteiger partial charge in [-0.25, -0.2) is 4.39 Å². The zero-order valence-corrected chi connectivity index (χ0v) is 15.6. The number of amides is 1. The number of carbonyl (C=O) groups excluding carboxylic acids is 1. The Hall–Kier alpha value is -3.55. The minimum absolute atomic E-state index is 0.0737. The van der Waals surface area contributed by atoms with E-state index in [0.29, 0.717) is 24.5 Å². The van der Waals surface area contributed by atoms with E-state index in [1.54, 1.807) is 18.2 Å².